The molecule has 27 heavy (non-hydrogen) atoms. The molecule has 0 heterocycles. The number of hydrogen-bond donors (Lipinski definition) is 0. The number of hydrogen-bond acceptors (Lipinski definition) is 4. The van der Waals surface area contributed by atoms with Crippen molar-refractivity contribution in [2.24, 2.45) is 11.8 Å². The van der Waals surface area contributed by atoms with Crippen LogP contribution in [0.1, 0.15) is 33.3 Å². The first-order valence-corrected chi connectivity index (χ1v) is 9.18. The Bertz CT molecular complexity index is 1030. The van der Waals surface area contributed by atoms with Crippen molar-refractivity contribution in [1.82, 2.24) is 0 Å². The van der Waals surface area contributed by atoms with E-state index in [-0.39, 0.29) is 23.8 Å². The second-order valence-corrected chi connectivity index (χ2v) is 7.35. The Morgan fingerprint density at radius 3 is 1.74 bits per heavy atom. The predicted molar refractivity (Wildman–Crippen MR) is 107 cm³/mol. The van der Waals surface area contributed by atoms with Crippen molar-refractivity contribution in [3.63, 3.8) is 0 Å². The maximum atomic E-state index is 12.4. The van der Waals surface area contributed by atoms with E-state index in [1.165, 1.54) is 0 Å². The zero-order valence-corrected chi connectivity index (χ0v) is 16.3. The largest absolute Gasteiger partial charge is 0.425 e. The van der Waals surface area contributed by atoms with Gasteiger partial charge in [0.1, 0.15) is 11.5 Å². The number of benzene rings is 3. The molecular formula is C23H24O4. The molecule has 0 saturated heterocycles. The first-order valence-electron chi connectivity index (χ1n) is 9.18. The Morgan fingerprint density at radius 2 is 1.19 bits per heavy atom. The van der Waals surface area contributed by atoms with E-state index in [4.69, 9.17) is 9.47 Å². The van der Waals surface area contributed by atoms with Gasteiger partial charge in [0.05, 0.1) is 11.8 Å². The molecule has 0 amide bonds. The minimum absolute atomic E-state index is 0.248. The van der Waals surface area contributed by atoms with Crippen LogP contribution in [0, 0.1) is 18.8 Å². The van der Waals surface area contributed by atoms with Crippen molar-refractivity contribution >= 4 is 33.5 Å². The smallest absolute Gasteiger partial charge is 0.313 e. The molecule has 0 fully saturated rings. The SMILES string of the molecule is Cc1cccc2c(OC(=O)C(C)C)c3ccccc3c(OC(=O)C(C)C)c12. The molecular weight excluding hydrogens is 340 g/mol. The fraction of sp³-hybridized carbons (Fsp3) is 0.304. The van der Waals surface area contributed by atoms with Crippen molar-refractivity contribution in [1.29, 1.82) is 0 Å². The first kappa shape index (κ1) is 18.9. The van der Waals surface area contributed by atoms with Gasteiger partial charge in [-0.25, -0.2) is 0 Å². The maximum Gasteiger partial charge on any atom is 0.313 e. The van der Waals surface area contributed by atoms with E-state index in [0.717, 1.165) is 27.1 Å². The van der Waals surface area contributed by atoms with E-state index in [1.807, 2.05) is 49.4 Å². The molecule has 140 valence electrons. The van der Waals surface area contributed by atoms with E-state index < -0.39 is 0 Å². The first-order chi connectivity index (χ1) is 12.8. The topological polar surface area (TPSA) is 52.6 Å². The highest BCUT2D eigenvalue weighted by Crippen LogP contribution is 2.44. The van der Waals surface area contributed by atoms with E-state index in [9.17, 15) is 9.59 Å². The molecule has 0 bridgehead atoms. The lowest BCUT2D eigenvalue weighted by Gasteiger charge is -2.18. The summed E-state index contributed by atoms with van der Waals surface area (Å²) >= 11 is 0. The third kappa shape index (κ3) is 3.52. The van der Waals surface area contributed by atoms with Crippen LogP contribution in [0.5, 0.6) is 11.5 Å². The van der Waals surface area contributed by atoms with Gasteiger partial charge in [-0.3, -0.25) is 9.59 Å². The molecule has 0 radical (unpaired) electrons. The van der Waals surface area contributed by atoms with Crippen LogP contribution >= 0.6 is 0 Å². The van der Waals surface area contributed by atoms with Gasteiger partial charge in [-0.1, -0.05) is 70.2 Å². The number of carbonyl (C=O) groups is 2. The molecule has 3 rings (SSSR count). The summed E-state index contributed by atoms with van der Waals surface area (Å²) in [6.07, 6.45) is 0. The number of carbonyl (C=O) groups excluding carboxylic acids is 2. The number of ether oxygens (including phenoxy) is 2. The Balaban J connectivity index is 2.38. The normalized spacial score (nSPS) is 11.4. The maximum absolute atomic E-state index is 12.4. The lowest BCUT2D eigenvalue weighted by molar-refractivity contribution is -0.138. The number of rotatable bonds is 4. The van der Waals surface area contributed by atoms with Gasteiger partial charge in [0.15, 0.2) is 0 Å². The minimum atomic E-state index is -0.296. The van der Waals surface area contributed by atoms with Gasteiger partial charge in [-0.15, -0.1) is 0 Å². The van der Waals surface area contributed by atoms with Gasteiger partial charge < -0.3 is 9.47 Å². The van der Waals surface area contributed by atoms with Crippen molar-refractivity contribution in [2.45, 2.75) is 34.6 Å². The molecule has 0 atom stereocenters. The lowest BCUT2D eigenvalue weighted by Crippen LogP contribution is -2.17. The third-order valence-electron chi connectivity index (χ3n) is 4.51. The fourth-order valence-corrected chi connectivity index (χ4v) is 2.97. The molecule has 4 nitrogen and oxygen atoms in total. The van der Waals surface area contributed by atoms with Crippen LogP contribution in [-0.2, 0) is 9.59 Å². The molecule has 0 aliphatic heterocycles. The summed E-state index contributed by atoms with van der Waals surface area (Å²) in [5.74, 6) is -0.0658. The summed E-state index contributed by atoms with van der Waals surface area (Å²) in [5, 5.41) is 3.04. The van der Waals surface area contributed by atoms with Crippen LogP contribution in [-0.4, -0.2) is 11.9 Å². The van der Waals surface area contributed by atoms with Crippen LogP contribution in [0.2, 0.25) is 0 Å². The summed E-state index contributed by atoms with van der Waals surface area (Å²) < 4.78 is 11.6. The van der Waals surface area contributed by atoms with E-state index in [0.29, 0.717) is 11.5 Å². The monoisotopic (exact) mass is 364 g/mol. The zero-order chi connectivity index (χ0) is 19.7. The molecule has 4 heteroatoms. The van der Waals surface area contributed by atoms with Gasteiger partial charge in [-0.2, -0.15) is 0 Å². The van der Waals surface area contributed by atoms with E-state index in [1.54, 1.807) is 27.7 Å². The number of aryl methyl sites for hydroxylation is 1. The van der Waals surface area contributed by atoms with Crippen LogP contribution < -0.4 is 9.47 Å². The van der Waals surface area contributed by atoms with Crippen LogP contribution in [0.25, 0.3) is 21.5 Å². The van der Waals surface area contributed by atoms with Gasteiger partial charge in [0, 0.05) is 21.5 Å². The van der Waals surface area contributed by atoms with Gasteiger partial charge in [0.25, 0.3) is 0 Å². The van der Waals surface area contributed by atoms with Crippen molar-refractivity contribution < 1.29 is 19.1 Å². The Labute approximate surface area is 159 Å². The van der Waals surface area contributed by atoms with Gasteiger partial charge in [0.2, 0.25) is 0 Å². The molecule has 0 unspecified atom stereocenters. The zero-order valence-electron chi connectivity index (χ0n) is 16.3. The Hall–Kier alpha value is -2.88. The molecule has 0 aromatic heterocycles. The van der Waals surface area contributed by atoms with Crippen molar-refractivity contribution in [3.8, 4) is 11.5 Å². The minimum Gasteiger partial charge on any atom is -0.425 e. The highest BCUT2D eigenvalue weighted by Gasteiger charge is 2.22. The lowest BCUT2D eigenvalue weighted by atomic mass is 9.97. The molecule has 0 aliphatic rings. The second-order valence-electron chi connectivity index (χ2n) is 7.35. The average Bonchev–Trinajstić information content (AvgIpc) is 2.63. The summed E-state index contributed by atoms with van der Waals surface area (Å²) in [7, 11) is 0. The third-order valence-corrected chi connectivity index (χ3v) is 4.51. The number of esters is 2. The summed E-state index contributed by atoms with van der Waals surface area (Å²) in [6.45, 7) is 9.17. The molecule has 0 saturated carbocycles. The van der Waals surface area contributed by atoms with E-state index >= 15 is 0 Å². The molecule has 3 aromatic carbocycles. The average molecular weight is 364 g/mol. The van der Waals surface area contributed by atoms with Gasteiger partial charge >= 0.3 is 11.9 Å². The summed E-state index contributed by atoms with van der Waals surface area (Å²) in [4.78, 5) is 24.7. The fourth-order valence-electron chi connectivity index (χ4n) is 2.97. The standard InChI is InChI=1S/C23H24O4/c1-13(2)22(24)26-20-16-10-6-7-11-17(16)21(27-23(25)14(3)4)19-15(5)9-8-12-18(19)20/h6-14H,1-5H3. The highest BCUT2D eigenvalue weighted by atomic mass is 16.5. The van der Waals surface area contributed by atoms with Gasteiger partial charge in [-0.05, 0) is 12.5 Å². The second kappa shape index (κ2) is 7.39. The Kier molecular flexibility index (Phi) is 5.17. The molecule has 0 spiro atoms. The van der Waals surface area contributed by atoms with Crippen molar-refractivity contribution in [2.75, 3.05) is 0 Å². The Morgan fingerprint density at radius 1 is 0.704 bits per heavy atom. The van der Waals surface area contributed by atoms with Crippen molar-refractivity contribution in [3.05, 3.63) is 48.0 Å². The predicted octanol–water partition coefficient (Wildman–Crippen LogP) is 5.42. The van der Waals surface area contributed by atoms with Crippen LogP contribution in [0.15, 0.2) is 42.5 Å². The molecule has 0 aliphatic carbocycles. The number of fused-ring (bicyclic) bond motifs is 2. The van der Waals surface area contributed by atoms with E-state index in [2.05, 4.69) is 0 Å². The summed E-state index contributed by atoms with van der Waals surface area (Å²) in [6, 6.07) is 13.3. The highest BCUT2D eigenvalue weighted by molar-refractivity contribution is 6.13. The molecule has 3 aromatic rings. The van der Waals surface area contributed by atoms with Crippen LogP contribution in [0.4, 0.5) is 0 Å². The molecule has 0 N–H and O–H groups in total. The quantitative estimate of drug-likeness (QED) is 0.352. The van der Waals surface area contributed by atoms with Crippen LogP contribution in [0.3, 0.4) is 0 Å². The summed E-state index contributed by atoms with van der Waals surface area (Å²) in [5.41, 5.74) is 0.951.